The molecule has 0 radical (unpaired) electrons. The third kappa shape index (κ3) is 4.58. The third-order valence-corrected chi connectivity index (χ3v) is 7.71. The van der Waals surface area contributed by atoms with Gasteiger partial charge in [0.1, 0.15) is 23.2 Å². The molecule has 2 aliphatic rings. The van der Waals surface area contributed by atoms with Crippen molar-refractivity contribution in [2.75, 3.05) is 11.5 Å². The first-order valence-electron chi connectivity index (χ1n) is 9.72. The number of thiocarbonyl (C=S) groups is 1. The van der Waals surface area contributed by atoms with Gasteiger partial charge in [-0.05, 0) is 21.6 Å². The molecule has 3 atom stereocenters. The second-order valence-electron chi connectivity index (χ2n) is 7.16. The molecular weight excluding hydrogens is 486 g/mol. The van der Waals surface area contributed by atoms with E-state index in [2.05, 4.69) is 26.2 Å². The Morgan fingerprint density at radius 3 is 2.79 bits per heavy atom. The molecule has 3 unspecified atom stereocenters. The minimum atomic E-state index is -1.19. The number of aliphatic carboxylic acids is 1. The van der Waals surface area contributed by atoms with Crippen molar-refractivity contribution in [1.29, 1.82) is 0 Å². The number of rotatable bonds is 9. The van der Waals surface area contributed by atoms with Gasteiger partial charge < -0.3 is 15.7 Å². The van der Waals surface area contributed by atoms with Crippen LogP contribution in [-0.4, -0.2) is 76.4 Å². The molecule has 0 bridgehead atoms. The number of fused-ring (bicyclic) bond motifs is 1. The van der Waals surface area contributed by atoms with Gasteiger partial charge in [0.05, 0.1) is 5.49 Å². The summed E-state index contributed by atoms with van der Waals surface area (Å²) in [6.07, 6.45) is 0. The summed E-state index contributed by atoms with van der Waals surface area (Å²) in [5, 5.41) is 26.6. The van der Waals surface area contributed by atoms with Gasteiger partial charge in [-0.25, -0.2) is 9.48 Å². The third-order valence-electron chi connectivity index (χ3n) is 5.13. The van der Waals surface area contributed by atoms with Gasteiger partial charge in [-0.3, -0.25) is 14.5 Å². The second-order valence-corrected chi connectivity index (χ2v) is 9.44. The fourth-order valence-corrected chi connectivity index (χ4v) is 6.03. The van der Waals surface area contributed by atoms with Crippen LogP contribution < -0.4 is 10.6 Å². The van der Waals surface area contributed by atoms with Gasteiger partial charge in [0.2, 0.25) is 11.1 Å². The summed E-state index contributed by atoms with van der Waals surface area (Å²) in [7, 11) is 1.69. The van der Waals surface area contributed by atoms with E-state index in [0.717, 1.165) is 0 Å². The van der Waals surface area contributed by atoms with Crippen LogP contribution in [0.2, 0.25) is 0 Å². The van der Waals surface area contributed by atoms with Crippen molar-refractivity contribution in [3.8, 4) is 0 Å². The summed E-state index contributed by atoms with van der Waals surface area (Å²) in [4.78, 5) is 39.1. The van der Waals surface area contributed by atoms with Gasteiger partial charge in [0.15, 0.2) is 0 Å². The standard InChI is InChI=1S/C19H19N7O4S3/c1-25-19(22-23-24-25)33-8-11-7-32-17-13(16(28)26(17)14(11)18(29)30)21-15(27)12(20-9-31)10-5-3-2-4-6-10/h2-6,9,12-13,17H,7-8H2,1H3,(H,20,31)(H,21,27)(H,29,30). The number of hydrogen-bond acceptors (Lipinski definition) is 9. The molecule has 11 nitrogen and oxygen atoms in total. The van der Waals surface area contributed by atoms with E-state index in [0.29, 0.717) is 27.8 Å². The van der Waals surface area contributed by atoms with E-state index in [1.54, 1.807) is 31.3 Å². The predicted molar refractivity (Wildman–Crippen MR) is 125 cm³/mol. The Balaban J connectivity index is 1.48. The number of carboxylic acid groups (broad SMARTS) is 1. The number of β-lactam (4-membered cyclic amide) rings is 1. The monoisotopic (exact) mass is 505 g/mol. The van der Waals surface area contributed by atoms with Crippen molar-refractivity contribution in [2.24, 2.45) is 7.05 Å². The minimum Gasteiger partial charge on any atom is -0.477 e. The molecule has 0 spiro atoms. The summed E-state index contributed by atoms with van der Waals surface area (Å²) in [5.41, 5.74) is 2.50. The van der Waals surface area contributed by atoms with Crippen LogP contribution in [0.15, 0.2) is 46.8 Å². The molecule has 4 rings (SSSR count). The first-order chi connectivity index (χ1) is 15.9. The summed E-state index contributed by atoms with van der Waals surface area (Å²) < 4.78 is 1.49. The van der Waals surface area contributed by atoms with Gasteiger partial charge >= 0.3 is 5.97 Å². The molecule has 0 aliphatic carbocycles. The first-order valence-corrected chi connectivity index (χ1v) is 12.2. The molecule has 14 heteroatoms. The van der Waals surface area contributed by atoms with Crippen LogP contribution in [0.1, 0.15) is 11.6 Å². The zero-order chi connectivity index (χ0) is 23.5. The van der Waals surface area contributed by atoms with E-state index in [-0.39, 0.29) is 5.70 Å². The van der Waals surface area contributed by atoms with Crippen LogP contribution in [0.25, 0.3) is 0 Å². The maximum atomic E-state index is 12.9. The van der Waals surface area contributed by atoms with Crippen LogP contribution in [0, 0.1) is 0 Å². The Labute approximate surface area is 202 Å². The number of tetrazole rings is 1. The maximum absolute atomic E-state index is 12.9. The average Bonchev–Trinajstić information content (AvgIpc) is 3.23. The first kappa shape index (κ1) is 23.2. The van der Waals surface area contributed by atoms with E-state index in [9.17, 15) is 19.5 Å². The molecule has 33 heavy (non-hydrogen) atoms. The van der Waals surface area contributed by atoms with Crippen molar-refractivity contribution in [1.82, 2.24) is 35.7 Å². The second kappa shape index (κ2) is 9.89. The highest BCUT2D eigenvalue weighted by atomic mass is 32.2. The maximum Gasteiger partial charge on any atom is 0.352 e. The van der Waals surface area contributed by atoms with Crippen LogP contribution in [0.4, 0.5) is 0 Å². The molecule has 1 saturated heterocycles. The van der Waals surface area contributed by atoms with E-state index in [1.165, 1.54) is 38.6 Å². The van der Waals surface area contributed by atoms with Crippen molar-refractivity contribution in [3.63, 3.8) is 0 Å². The summed E-state index contributed by atoms with van der Waals surface area (Å²) in [6.45, 7) is 0. The van der Waals surface area contributed by atoms with Crippen molar-refractivity contribution < 1.29 is 19.5 Å². The van der Waals surface area contributed by atoms with E-state index < -0.39 is 35.2 Å². The van der Waals surface area contributed by atoms with Gasteiger partial charge in [-0.2, -0.15) is 0 Å². The molecule has 172 valence electrons. The fraction of sp³-hybridized carbons (Fsp3) is 0.316. The Bertz CT molecular complexity index is 1120. The molecule has 0 saturated carbocycles. The Morgan fingerprint density at radius 2 is 2.15 bits per heavy atom. The SMILES string of the molecule is Cn1nnnc1SCC1=C(C(=O)O)N2C(=O)C(NC(=O)C(NC=S)c3ccccc3)C2SC1. The number of nitrogens with zero attached hydrogens (tertiary/aromatic N) is 5. The van der Waals surface area contributed by atoms with Crippen molar-refractivity contribution in [2.45, 2.75) is 22.6 Å². The van der Waals surface area contributed by atoms with Crippen molar-refractivity contribution in [3.05, 3.63) is 47.2 Å². The highest BCUT2D eigenvalue weighted by Crippen LogP contribution is 2.41. The minimum absolute atomic E-state index is 0.0477. The van der Waals surface area contributed by atoms with Crippen LogP contribution >= 0.6 is 35.7 Å². The number of amides is 2. The zero-order valence-electron chi connectivity index (χ0n) is 17.2. The number of hydrogen-bond donors (Lipinski definition) is 3. The normalized spacial score (nSPS) is 20.5. The molecular formula is C19H19N7O4S3. The zero-order valence-corrected chi connectivity index (χ0v) is 19.7. The summed E-state index contributed by atoms with van der Waals surface area (Å²) >= 11 is 7.55. The topological polar surface area (TPSA) is 142 Å². The van der Waals surface area contributed by atoms with E-state index in [1.807, 2.05) is 6.07 Å². The number of aromatic nitrogens is 4. The highest BCUT2D eigenvalue weighted by molar-refractivity contribution is 8.01. The fourth-order valence-electron chi connectivity index (χ4n) is 3.56. The highest BCUT2D eigenvalue weighted by Gasteiger charge is 2.54. The smallest absolute Gasteiger partial charge is 0.352 e. The van der Waals surface area contributed by atoms with E-state index in [4.69, 9.17) is 12.2 Å². The largest absolute Gasteiger partial charge is 0.477 e. The summed E-state index contributed by atoms with van der Waals surface area (Å²) in [5.74, 6) is -1.34. The van der Waals surface area contributed by atoms with Gasteiger partial charge in [0, 0.05) is 18.6 Å². The van der Waals surface area contributed by atoms with Crippen molar-refractivity contribution >= 4 is 59.0 Å². The predicted octanol–water partition coefficient (Wildman–Crippen LogP) is 0.329. The quantitative estimate of drug-likeness (QED) is 0.246. The Morgan fingerprint density at radius 1 is 1.39 bits per heavy atom. The number of nitrogens with one attached hydrogen (secondary N) is 2. The van der Waals surface area contributed by atoms with Gasteiger partial charge in [-0.1, -0.05) is 54.3 Å². The molecule has 1 aromatic carbocycles. The molecule has 1 fully saturated rings. The number of thioether (sulfide) groups is 2. The Hall–Kier alpha value is -2.97. The summed E-state index contributed by atoms with van der Waals surface area (Å²) in [6, 6.07) is 7.40. The molecule has 2 aromatic rings. The van der Waals surface area contributed by atoms with Gasteiger partial charge in [-0.15, -0.1) is 16.9 Å². The molecule has 2 aliphatic heterocycles. The number of carbonyl (C=O) groups is 3. The lowest BCUT2D eigenvalue weighted by molar-refractivity contribution is -0.150. The molecule has 3 N–H and O–H groups in total. The Kier molecular flexibility index (Phi) is 6.95. The lowest BCUT2D eigenvalue weighted by atomic mass is 10.0. The molecule has 1 aromatic heterocycles. The molecule has 2 amide bonds. The van der Waals surface area contributed by atoms with Crippen LogP contribution in [0.5, 0.6) is 0 Å². The number of carbonyl (C=O) groups excluding carboxylic acids is 2. The number of aryl methyl sites for hydroxylation is 1. The van der Waals surface area contributed by atoms with Crippen LogP contribution in [0.3, 0.4) is 0 Å². The van der Waals surface area contributed by atoms with Gasteiger partial charge in [0.25, 0.3) is 5.91 Å². The average molecular weight is 506 g/mol. The van der Waals surface area contributed by atoms with E-state index >= 15 is 0 Å². The lowest BCUT2D eigenvalue weighted by Gasteiger charge is -2.49. The molecule has 3 heterocycles. The number of carboxylic acids is 1. The number of benzene rings is 1. The lowest BCUT2D eigenvalue weighted by Crippen LogP contribution is -2.71. The van der Waals surface area contributed by atoms with Crippen LogP contribution in [-0.2, 0) is 21.4 Å².